The second kappa shape index (κ2) is 77.8. The van der Waals surface area contributed by atoms with Gasteiger partial charge < -0.3 is 81.3 Å². The molecule has 2 N–H and O–H groups in total. The summed E-state index contributed by atoms with van der Waals surface area (Å²) in [6.07, 6.45) is 23.2. The lowest BCUT2D eigenvalue weighted by Crippen LogP contribution is -2.14. The van der Waals surface area contributed by atoms with Crippen LogP contribution in [0.4, 0.5) is 0 Å². The molecule has 0 aliphatic heterocycles. The molecule has 5 atom stereocenters. The summed E-state index contributed by atoms with van der Waals surface area (Å²) in [5, 5.41) is 17.1. The highest BCUT2D eigenvalue weighted by molar-refractivity contribution is 4.63. The standard InChI is InChI=1S/C24H50O5.2C23H48O6/c1-6-11-25-13-15-27-17-19-29-20-18-28-16-14-26-12-10-24(5)21-23(4)9-7-8-22(2)3;1-21(2)20-23(4)7-5-6-22(3)8-10-25-12-14-27-16-18-29-19-17-28-15-13-26-11-9-24;1-4-23(21-22(2)3)9-7-5-6-8-11-25-13-15-27-17-19-29-20-18-28-16-14-26-12-10-24/h22-24H,6-21H2,1-5H3;21-24H,5-20H2,1-4H3;22-24H,4-21H2,1-3H3. The number of hydrogen-bond acceptors (Lipinski definition) is 17. The van der Waals surface area contributed by atoms with Crippen LogP contribution >= 0.6 is 0 Å². The molecule has 5 unspecified atom stereocenters. The van der Waals surface area contributed by atoms with Gasteiger partial charge in [0.25, 0.3) is 0 Å². The molecule has 0 amide bonds. The van der Waals surface area contributed by atoms with Gasteiger partial charge in [-0.15, -0.1) is 0 Å². The Morgan fingerprint density at radius 2 is 0.506 bits per heavy atom. The van der Waals surface area contributed by atoms with Crippen LogP contribution in [-0.4, -0.2) is 222 Å². The minimum absolute atomic E-state index is 0.0470. The van der Waals surface area contributed by atoms with Crippen LogP contribution in [0.25, 0.3) is 0 Å². The quantitative estimate of drug-likeness (QED) is 0.0549. The molecule has 0 rings (SSSR count). The van der Waals surface area contributed by atoms with Gasteiger partial charge in [-0.3, -0.25) is 0 Å². The van der Waals surface area contributed by atoms with Crippen molar-refractivity contribution in [1.82, 2.24) is 0 Å². The minimum Gasteiger partial charge on any atom is -0.394 e. The van der Waals surface area contributed by atoms with Crippen molar-refractivity contribution < 1.29 is 81.3 Å². The average Bonchev–Trinajstić information content (AvgIpc) is 3.49. The molecule has 0 bridgehead atoms. The molecule has 0 aromatic carbocycles. The van der Waals surface area contributed by atoms with Crippen LogP contribution in [0.1, 0.15) is 199 Å². The maximum absolute atomic E-state index is 8.55. The highest BCUT2D eigenvalue weighted by Crippen LogP contribution is 2.23. The Labute approximate surface area is 536 Å². The van der Waals surface area contributed by atoms with Crippen LogP contribution in [0.15, 0.2) is 0 Å². The fourth-order valence-corrected chi connectivity index (χ4v) is 9.61. The van der Waals surface area contributed by atoms with Crippen LogP contribution < -0.4 is 0 Å². The molecule has 87 heavy (non-hydrogen) atoms. The van der Waals surface area contributed by atoms with E-state index in [0.29, 0.717) is 172 Å². The molecule has 0 spiro atoms. The molecule has 0 aromatic rings. The molecule has 528 valence electrons. The molecule has 0 radical (unpaired) electrons. The molecule has 0 fully saturated rings. The van der Waals surface area contributed by atoms with Gasteiger partial charge in [0.2, 0.25) is 0 Å². The van der Waals surface area contributed by atoms with Crippen LogP contribution in [0.3, 0.4) is 0 Å². The van der Waals surface area contributed by atoms with Crippen molar-refractivity contribution in [3.8, 4) is 0 Å². The maximum Gasteiger partial charge on any atom is 0.0701 e. The van der Waals surface area contributed by atoms with Gasteiger partial charge in [0.1, 0.15) is 0 Å². The Hall–Kier alpha value is -0.680. The molecule has 0 saturated carbocycles. The molecule has 0 saturated heterocycles. The number of ether oxygens (including phenoxy) is 15. The maximum atomic E-state index is 8.55. The lowest BCUT2D eigenvalue weighted by Gasteiger charge is -2.17. The van der Waals surface area contributed by atoms with Crippen LogP contribution in [0.5, 0.6) is 0 Å². The number of hydrogen-bond donors (Lipinski definition) is 2. The molecule has 0 aromatic heterocycles. The normalized spacial score (nSPS) is 13.5. The molecule has 0 heterocycles. The van der Waals surface area contributed by atoms with Gasteiger partial charge in [-0.05, 0) is 92.3 Å². The van der Waals surface area contributed by atoms with E-state index in [1.807, 2.05) is 0 Å². The topological polar surface area (TPSA) is 179 Å². The largest absolute Gasteiger partial charge is 0.394 e. The Morgan fingerprint density at radius 3 is 0.851 bits per heavy atom. The molecular formula is C70H146O17. The SMILES string of the molecule is CC(C)CC(C)CCCC(C)CCOCCOCCOCCOCCOCCO.CCC(CCCCCCOCCOCCOCCOCCOCCO)CC(C)C.CCCOCCOCCOCCOCCOCCC(C)CC(C)CCCC(C)C. The van der Waals surface area contributed by atoms with Gasteiger partial charge >= 0.3 is 0 Å². The smallest absolute Gasteiger partial charge is 0.0701 e. The van der Waals surface area contributed by atoms with Gasteiger partial charge in [-0.1, -0.05) is 154 Å². The Kier molecular flexibility index (Phi) is 80.9. The molecule has 17 nitrogen and oxygen atoms in total. The third kappa shape index (κ3) is 85.3. The average molecular weight is 1260 g/mol. The van der Waals surface area contributed by atoms with Crippen LogP contribution in [0, 0.1) is 47.3 Å². The van der Waals surface area contributed by atoms with Crippen LogP contribution in [-0.2, 0) is 71.1 Å². The van der Waals surface area contributed by atoms with E-state index in [1.54, 1.807) is 0 Å². The van der Waals surface area contributed by atoms with E-state index in [0.717, 1.165) is 99.5 Å². The summed E-state index contributed by atoms with van der Waals surface area (Å²) in [6, 6.07) is 0. The van der Waals surface area contributed by atoms with Gasteiger partial charge in [-0.2, -0.15) is 0 Å². The number of aliphatic hydroxyl groups is 2. The summed E-state index contributed by atoms with van der Waals surface area (Å²) in [5.74, 6) is 6.53. The van der Waals surface area contributed by atoms with Crippen molar-refractivity contribution in [1.29, 1.82) is 0 Å². The Bertz CT molecular complexity index is 1210. The Morgan fingerprint density at radius 1 is 0.218 bits per heavy atom. The Balaban J connectivity index is -0.00000122. The molecule has 0 aliphatic carbocycles. The first-order valence-electron chi connectivity index (χ1n) is 35.2. The number of unbranched alkanes of at least 4 members (excludes halogenated alkanes) is 3. The highest BCUT2D eigenvalue weighted by atomic mass is 16.6. The van der Waals surface area contributed by atoms with E-state index in [-0.39, 0.29) is 13.2 Å². The summed E-state index contributed by atoms with van der Waals surface area (Å²) < 4.78 is 81.4. The van der Waals surface area contributed by atoms with E-state index in [9.17, 15) is 0 Å². The monoisotopic (exact) mass is 1260 g/mol. The fraction of sp³-hybridized carbons (Fsp3) is 1.00. The number of rotatable bonds is 70. The summed E-state index contributed by atoms with van der Waals surface area (Å²) >= 11 is 0. The van der Waals surface area contributed by atoms with Crippen molar-refractivity contribution in [2.75, 3.05) is 211 Å². The second-order valence-corrected chi connectivity index (χ2v) is 24.9. The van der Waals surface area contributed by atoms with Crippen molar-refractivity contribution in [3.63, 3.8) is 0 Å². The first kappa shape index (κ1) is 90.5. The summed E-state index contributed by atoms with van der Waals surface area (Å²) in [6.45, 7) is 45.9. The summed E-state index contributed by atoms with van der Waals surface area (Å²) in [4.78, 5) is 0. The summed E-state index contributed by atoms with van der Waals surface area (Å²) in [7, 11) is 0. The summed E-state index contributed by atoms with van der Waals surface area (Å²) in [5.41, 5.74) is 0. The molecule has 17 heteroatoms. The van der Waals surface area contributed by atoms with Crippen LogP contribution in [0.2, 0.25) is 0 Å². The first-order valence-corrected chi connectivity index (χ1v) is 35.2. The van der Waals surface area contributed by atoms with E-state index in [2.05, 4.69) is 83.1 Å². The van der Waals surface area contributed by atoms with E-state index < -0.39 is 0 Å². The van der Waals surface area contributed by atoms with E-state index in [4.69, 9.17) is 81.3 Å². The van der Waals surface area contributed by atoms with E-state index >= 15 is 0 Å². The second-order valence-electron chi connectivity index (χ2n) is 24.9. The van der Waals surface area contributed by atoms with Gasteiger partial charge in [0.05, 0.1) is 185 Å². The zero-order valence-corrected chi connectivity index (χ0v) is 59.0. The van der Waals surface area contributed by atoms with Crippen molar-refractivity contribution in [2.45, 2.75) is 199 Å². The predicted molar refractivity (Wildman–Crippen MR) is 356 cm³/mol. The third-order valence-electron chi connectivity index (χ3n) is 14.4. The lowest BCUT2D eigenvalue weighted by molar-refractivity contribution is -0.0138. The van der Waals surface area contributed by atoms with Crippen molar-refractivity contribution >= 4 is 0 Å². The first-order chi connectivity index (χ1) is 42.3. The highest BCUT2D eigenvalue weighted by Gasteiger charge is 2.11. The minimum atomic E-state index is 0.0470. The lowest BCUT2D eigenvalue weighted by atomic mass is 9.90. The third-order valence-corrected chi connectivity index (χ3v) is 14.4. The fourth-order valence-electron chi connectivity index (χ4n) is 9.61. The predicted octanol–water partition coefficient (Wildman–Crippen LogP) is 13.4. The number of aliphatic hydroxyl groups excluding tert-OH is 2. The zero-order chi connectivity index (χ0) is 64.6. The van der Waals surface area contributed by atoms with Crippen molar-refractivity contribution in [3.05, 3.63) is 0 Å². The van der Waals surface area contributed by atoms with E-state index in [1.165, 1.54) is 89.9 Å². The molecule has 0 aliphatic rings. The van der Waals surface area contributed by atoms with Gasteiger partial charge in [-0.25, -0.2) is 0 Å². The van der Waals surface area contributed by atoms with Crippen molar-refractivity contribution in [2.24, 2.45) is 47.3 Å². The van der Waals surface area contributed by atoms with Gasteiger partial charge in [0.15, 0.2) is 0 Å². The van der Waals surface area contributed by atoms with Gasteiger partial charge in [0, 0.05) is 26.4 Å². The molecular weight excluding hydrogens is 1110 g/mol. The zero-order valence-electron chi connectivity index (χ0n) is 59.0.